The number of carbonyl (C=O) groups excluding carboxylic acids is 1. The number of thioether (sulfide) groups is 1. The summed E-state index contributed by atoms with van der Waals surface area (Å²) >= 11 is 7.46. The van der Waals surface area contributed by atoms with Crippen molar-refractivity contribution in [1.82, 2.24) is 4.90 Å². The van der Waals surface area contributed by atoms with Gasteiger partial charge in [-0.15, -0.1) is 11.8 Å². The summed E-state index contributed by atoms with van der Waals surface area (Å²) in [6, 6.07) is 9.30. The summed E-state index contributed by atoms with van der Waals surface area (Å²) in [7, 11) is 0. The third-order valence-corrected chi connectivity index (χ3v) is 5.04. The van der Waals surface area contributed by atoms with Crippen molar-refractivity contribution in [2.24, 2.45) is 0 Å². The highest BCUT2D eigenvalue weighted by Gasteiger charge is 2.35. The molecule has 1 aromatic rings. The molecule has 1 saturated heterocycles. The average Bonchev–Trinajstić information content (AvgIpc) is 2.47. The summed E-state index contributed by atoms with van der Waals surface area (Å²) in [5.41, 5.74) is 0.685. The van der Waals surface area contributed by atoms with Gasteiger partial charge in [0, 0.05) is 23.8 Å². The van der Waals surface area contributed by atoms with Crippen molar-refractivity contribution in [3.05, 3.63) is 29.3 Å². The summed E-state index contributed by atoms with van der Waals surface area (Å²) in [4.78, 5) is 13.9. The van der Waals surface area contributed by atoms with E-state index in [0.29, 0.717) is 36.6 Å². The summed E-state index contributed by atoms with van der Waals surface area (Å²) in [5, 5.41) is 12.6. The molecule has 0 bridgehead atoms. The van der Waals surface area contributed by atoms with Crippen molar-refractivity contribution in [2.45, 2.75) is 17.6 Å². The van der Waals surface area contributed by atoms with Gasteiger partial charge >= 0.3 is 6.03 Å². The second kappa shape index (κ2) is 6.38. The Kier molecular flexibility index (Phi) is 4.79. The number of anilines is 1. The van der Waals surface area contributed by atoms with Crippen LogP contribution in [0.5, 0.6) is 0 Å². The lowest BCUT2D eigenvalue weighted by molar-refractivity contribution is 0.196. The van der Waals surface area contributed by atoms with Gasteiger partial charge in [-0.1, -0.05) is 17.7 Å². The molecule has 106 valence electrons. The van der Waals surface area contributed by atoms with Crippen molar-refractivity contribution in [3.63, 3.8) is 0 Å². The van der Waals surface area contributed by atoms with Gasteiger partial charge in [-0.2, -0.15) is 5.26 Å². The van der Waals surface area contributed by atoms with Gasteiger partial charge in [0.05, 0.1) is 6.07 Å². The Morgan fingerprint density at radius 3 is 2.75 bits per heavy atom. The summed E-state index contributed by atoms with van der Waals surface area (Å²) in [6.07, 6.45) is 3.35. The molecular weight excluding hydrogens is 294 g/mol. The molecule has 1 N–H and O–H groups in total. The van der Waals surface area contributed by atoms with Crippen molar-refractivity contribution in [1.29, 1.82) is 5.26 Å². The lowest BCUT2D eigenvalue weighted by atomic mass is 9.97. The minimum Gasteiger partial charge on any atom is -0.324 e. The lowest BCUT2D eigenvalue weighted by Crippen LogP contribution is -2.46. The van der Waals surface area contributed by atoms with Crippen LogP contribution in [-0.4, -0.2) is 35.0 Å². The maximum Gasteiger partial charge on any atom is 0.321 e. The van der Waals surface area contributed by atoms with Crippen LogP contribution in [0.15, 0.2) is 24.3 Å². The number of nitrogens with zero attached hydrogens (tertiary/aromatic N) is 2. The van der Waals surface area contributed by atoms with E-state index in [1.165, 1.54) is 0 Å². The van der Waals surface area contributed by atoms with E-state index in [1.807, 2.05) is 6.26 Å². The second-order valence-electron chi connectivity index (χ2n) is 4.74. The fourth-order valence-corrected chi connectivity index (χ4v) is 3.07. The van der Waals surface area contributed by atoms with Crippen LogP contribution in [0, 0.1) is 11.3 Å². The highest BCUT2D eigenvalue weighted by molar-refractivity contribution is 8.00. The van der Waals surface area contributed by atoms with Gasteiger partial charge in [0.1, 0.15) is 4.75 Å². The minimum absolute atomic E-state index is 0.139. The first-order valence-electron chi connectivity index (χ1n) is 6.36. The van der Waals surface area contributed by atoms with Crippen molar-refractivity contribution in [3.8, 4) is 6.07 Å². The van der Waals surface area contributed by atoms with Gasteiger partial charge < -0.3 is 10.2 Å². The Labute approximate surface area is 128 Å². The molecule has 0 aliphatic carbocycles. The number of nitrogens with one attached hydrogen (secondary N) is 1. The summed E-state index contributed by atoms with van der Waals surface area (Å²) in [6.45, 7) is 1.20. The topological polar surface area (TPSA) is 56.1 Å². The molecule has 2 amide bonds. The van der Waals surface area contributed by atoms with Gasteiger partial charge in [-0.25, -0.2) is 4.79 Å². The van der Waals surface area contributed by atoms with Crippen LogP contribution in [-0.2, 0) is 0 Å². The van der Waals surface area contributed by atoms with E-state index in [2.05, 4.69) is 11.4 Å². The monoisotopic (exact) mass is 309 g/mol. The highest BCUT2D eigenvalue weighted by Crippen LogP contribution is 2.33. The highest BCUT2D eigenvalue weighted by atomic mass is 35.5. The predicted molar refractivity (Wildman–Crippen MR) is 83.1 cm³/mol. The number of rotatable bonds is 2. The van der Waals surface area contributed by atoms with Crippen molar-refractivity contribution >= 4 is 35.1 Å². The standard InChI is InChI=1S/C14H16ClN3OS/c1-20-14(10-16)5-7-18(8-6-14)13(19)17-12-4-2-3-11(15)9-12/h2-4,9H,5-8H2,1H3,(H,17,19). The SMILES string of the molecule is CSC1(C#N)CCN(C(=O)Nc2cccc(Cl)c2)CC1. The van der Waals surface area contributed by atoms with Gasteiger partial charge in [0.15, 0.2) is 0 Å². The normalized spacial score (nSPS) is 17.4. The molecule has 1 aromatic carbocycles. The van der Waals surface area contributed by atoms with Crippen LogP contribution in [0.3, 0.4) is 0 Å². The Bertz CT molecular complexity index is 535. The number of hydrogen-bond acceptors (Lipinski definition) is 3. The predicted octanol–water partition coefficient (Wildman–Crippen LogP) is 3.59. The van der Waals surface area contributed by atoms with Crippen LogP contribution in [0.25, 0.3) is 0 Å². The lowest BCUT2D eigenvalue weighted by Gasteiger charge is -2.36. The van der Waals surface area contributed by atoms with Gasteiger partial charge in [0.25, 0.3) is 0 Å². The molecular formula is C14H16ClN3OS. The number of carbonyl (C=O) groups is 1. The third kappa shape index (κ3) is 3.38. The fourth-order valence-electron chi connectivity index (χ4n) is 2.20. The van der Waals surface area contributed by atoms with E-state index >= 15 is 0 Å². The van der Waals surface area contributed by atoms with E-state index in [0.717, 1.165) is 0 Å². The molecule has 1 aliphatic heterocycles. The van der Waals surface area contributed by atoms with E-state index in [9.17, 15) is 10.1 Å². The smallest absolute Gasteiger partial charge is 0.321 e. The molecule has 4 nitrogen and oxygen atoms in total. The number of likely N-dealkylation sites (tertiary alicyclic amines) is 1. The van der Waals surface area contributed by atoms with Gasteiger partial charge in [-0.3, -0.25) is 0 Å². The number of amides is 2. The largest absolute Gasteiger partial charge is 0.324 e. The van der Waals surface area contributed by atoms with Crippen LogP contribution < -0.4 is 5.32 Å². The summed E-state index contributed by atoms with van der Waals surface area (Å²) < 4.78 is -0.340. The van der Waals surface area contributed by atoms with E-state index in [1.54, 1.807) is 40.9 Å². The number of nitriles is 1. The first kappa shape index (κ1) is 15.0. The second-order valence-corrected chi connectivity index (χ2v) is 6.36. The molecule has 0 aromatic heterocycles. The molecule has 1 heterocycles. The van der Waals surface area contributed by atoms with Crippen molar-refractivity contribution in [2.75, 3.05) is 24.7 Å². The molecule has 6 heteroatoms. The molecule has 0 spiro atoms. The zero-order valence-corrected chi connectivity index (χ0v) is 12.8. The number of hydrogen-bond donors (Lipinski definition) is 1. The van der Waals surface area contributed by atoms with Gasteiger partial charge in [0.2, 0.25) is 0 Å². The molecule has 0 saturated carbocycles. The molecule has 1 aliphatic rings. The third-order valence-electron chi connectivity index (χ3n) is 3.53. The number of urea groups is 1. The number of benzene rings is 1. The maximum atomic E-state index is 12.1. The average molecular weight is 310 g/mol. The Morgan fingerprint density at radius 1 is 1.50 bits per heavy atom. The van der Waals surface area contributed by atoms with Gasteiger partial charge in [-0.05, 0) is 37.3 Å². The zero-order valence-electron chi connectivity index (χ0n) is 11.2. The van der Waals surface area contributed by atoms with E-state index < -0.39 is 0 Å². The molecule has 0 radical (unpaired) electrons. The molecule has 2 rings (SSSR count). The summed E-state index contributed by atoms with van der Waals surface area (Å²) in [5.74, 6) is 0. The molecule has 20 heavy (non-hydrogen) atoms. The molecule has 0 atom stereocenters. The fraction of sp³-hybridized carbons (Fsp3) is 0.429. The van der Waals surface area contributed by atoms with Crippen LogP contribution in [0.1, 0.15) is 12.8 Å². The Hall–Kier alpha value is -1.38. The Balaban J connectivity index is 1.94. The zero-order chi connectivity index (χ0) is 14.6. The van der Waals surface area contributed by atoms with E-state index in [4.69, 9.17) is 11.6 Å². The Morgan fingerprint density at radius 2 is 2.20 bits per heavy atom. The van der Waals surface area contributed by atoms with Crippen molar-refractivity contribution < 1.29 is 4.79 Å². The molecule has 0 unspecified atom stereocenters. The quantitative estimate of drug-likeness (QED) is 0.908. The molecule has 1 fully saturated rings. The van der Waals surface area contributed by atoms with E-state index in [-0.39, 0.29) is 10.8 Å². The first-order valence-corrected chi connectivity index (χ1v) is 7.97. The minimum atomic E-state index is -0.340. The maximum absolute atomic E-state index is 12.1. The first-order chi connectivity index (χ1) is 9.58. The number of piperidine rings is 1. The number of halogens is 1. The van der Waals surface area contributed by atoms with Crippen LogP contribution >= 0.6 is 23.4 Å². The van der Waals surface area contributed by atoms with Crippen LogP contribution in [0.2, 0.25) is 5.02 Å². The van der Waals surface area contributed by atoms with Crippen LogP contribution in [0.4, 0.5) is 10.5 Å².